The standard InChI is InChI=1S/C28H47N3S.2BrH/c1-6-11-21-30(22-12-7-2)28-17-16-27(32-28)15-14-26-18-23-29(24-19-26)20-13-25-31(8-3,9-4)10-5;;/h14-19,23-24H,6-13,20-22,25H2,1-5H3;2*1H/q+2;;/p-2. The van der Waals surface area contributed by atoms with E-state index in [0.29, 0.717) is 0 Å². The van der Waals surface area contributed by atoms with E-state index in [1.54, 1.807) is 0 Å². The average molecular weight is 618 g/mol. The molecule has 0 amide bonds. The van der Waals surface area contributed by atoms with Gasteiger partial charge in [-0.2, -0.15) is 0 Å². The molecule has 0 saturated carbocycles. The fourth-order valence-corrected chi connectivity index (χ4v) is 5.23. The van der Waals surface area contributed by atoms with Crippen molar-refractivity contribution in [2.75, 3.05) is 44.2 Å². The summed E-state index contributed by atoms with van der Waals surface area (Å²) >= 11 is 1.92. The van der Waals surface area contributed by atoms with Crippen LogP contribution in [0.2, 0.25) is 0 Å². The van der Waals surface area contributed by atoms with Crippen molar-refractivity contribution in [2.45, 2.75) is 73.3 Å². The number of anilines is 1. The average Bonchev–Trinajstić information content (AvgIpc) is 3.31. The van der Waals surface area contributed by atoms with Gasteiger partial charge in [-0.25, -0.2) is 4.57 Å². The Kier molecular flexibility index (Phi) is 18.2. The van der Waals surface area contributed by atoms with Gasteiger partial charge in [0.2, 0.25) is 0 Å². The van der Waals surface area contributed by atoms with E-state index in [1.165, 1.54) is 91.3 Å². The first-order valence-electron chi connectivity index (χ1n) is 13.0. The Bertz CT molecular complexity index is 769. The van der Waals surface area contributed by atoms with E-state index < -0.39 is 0 Å². The third kappa shape index (κ3) is 10.9. The molecular formula is C28H47Br2N3S. The molecule has 0 N–H and O–H groups in total. The summed E-state index contributed by atoms with van der Waals surface area (Å²) < 4.78 is 3.56. The second kappa shape index (κ2) is 18.6. The maximum Gasteiger partial charge on any atom is 0.169 e. The molecule has 2 aromatic heterocycles. The zero-order valence-electron chi connectivity index (χ0n) is 22.1. The summed E-state index contributed by atoms with van der Waals surface area (Å²) in [6, 6.07) is 9.04. The van der Waals surface area contributed by atoms with Gasteiger partial charge >= 0.3 is 0 Å². The van der Waals surface area contributed by atoms with E-state index in [0.717, 1.165) is 6.54 Å². The lowest BCUT2D eigenvalue weighted by atomic mass is 10.2. The molecule has 6 heteroatoms. The van der Waals surface area contributed by atoms with Crippen molar-refractivity contribution in [3.63, 3.8) is 0 Å². The zero-order valence-corrected chi connectivity index (χ0v) is 26.1. The van der Waals surface area contributed by atoms with Crippen LogP contribution in [-0.2, 0) is 6.54 Å². The third-order valence-corrected chi connectivity index (χ3v) is 8.02. The Labute approximate surface area is 235 Å². The molecule has 0 aliphatic heterocycles. The minimum absolute atomic E-state index is 0. The number of aryl methyl sites for hydroxylation is 1. The number of halogens is 2. The largest absolute Gasteiger partial charge is 1.00 e. The number of quaternary nitrogens is 1. The maximum atomic E-state index is 2.57. The molecule has 194 valence electrons. The molecule has 3 nitrogen and oxygen atoms in total. The fourth-order valence-electron chi connectivity index (χ4n) is 4.27. The van der Waals surface area contributed by atoms with Gasteiger partial charge in [-0.05, 0) is 57.4 Å². The first kappa shape index (κ1) is 33.3. The molecule has 0 bridgehead atoms. The van der Waals surface area contributed by atoms with Gasteiger partial charge < -0.3 is 43.3 Å². The summed E-state index contributed by atoms with van der Waals surface area (Å²) in [5.41, 5.74) is 1.27. The number of pyridine rings is 1. The quantitative estimate of drug-likeness (QED) is 0.201. The highest BCUT2D eigenvalue weighted by atomic mass is 79.9. The number of hydrogen-bond donors (Lipinski definition) is 0. The summed E-state index contributed by atoms with van der Waals surface area (Å²) in [6.07, 6.45) is 15.3. The molecule has 0 atom stereocenters. The van der Waals surface area contributed by atoms with Gasteiger partial charge in [0.25, 0.3) is 0 Å². The Hall–Kier alpha value is -0.690. The highest BCUT2D eigenvalue weighted by Crippen LogP contribution is 2.28. The molecule has 0 aromatic carbocycles. The SMILES string of the molecule is CCCCN(CCCC)c1ccc(/C=C/c2cc[n+](CCC[N+](CC)(CC)CC)cc2)s1.[Br-].[Br-]. The van der Waals surface area contributed by atoms with Crippen molar-refractivity contribution in [1.82, 2.24) is 0 Å². The molecule has 0 spiro atoms. The van der Waals surface area contributed by atoms with Gasteiger partial charge in [0.05, 0.1) is 37.6 Å². The Morgan fingerprint density at radius 3 is 1.91 bits per heavy atom. The van der Waals surface area contributed by atoms with Crippen LogP contribution < -0.4 is 43.4 Å². The Morgan fingerprint density at radius 2 is 1.38 bits per heavy atom. The van der Waals surface area contributed by atoms with Gasteiger partial charge in [-0.1, -0.05) is 32.8 Å². The Balaban J connectivity index is 0.00000544. The second-order valence-corrected chi connectivity index (χ2v) is 10.0. The lowest BCUT2D eigenvalue weighted by Crippen LogP contribution is -3.00. The molecule has 2 aromatic rings. The zero-order chi connectivity index (χ0) is 23.2. The molecule has 0 unspecified atom stereocenters. The lowest BCUT2D eigenvalue weighted by molar-refractivity contribution is -0.925. The predicted molar refractivity (Wildman–Crippen MR) is 143 cm³/mol. The molecule has 0 saturated heterocycles. The summed E-state index contributed by atoms with van der Waals surface area (Å²) in [7, 11) is 0. The van der Waals surface area contributed by atoms with E-state index in [4.69, 9.17) is 0 Å². The van der Waals surface area contributed by atoms with Crippen LogP contribution in [0.4, 0.5) is 5.00 Å². The van der Waals surface area contributed by atoms with Crippen LogP contribution in [0.25, 0.3) is 12.2 Å². The van der Waals surface area contributed by atoms with Crippen molar-refractivity contribution in [2.24, 2.45) is 0 Å². The summed E-state index contributed by atoms with van der Waals surface area (Å²) in [6.45, 7) is 20.0. The molecule has 0 fully saturated rings. The van der Waals surface area contributed by atoms with Crippen LogP contribution in [0.3, 0.4) is 0 Å². The fraction of sp³-hybridized carbons (Fsp3) is 0.607. The molecule has 0 aliphatic rings. The van der Waals surface area contributed by atoms with Crippen LogP contribution in [0, 0.1) is 0 Å². The lowest BCUT2D eigenvalue weighted by Gasteiger charge is -2.35. The van der Waals surface area contributed by atoms with Gasteiger partial charge in [0, 0.05) is 30.1 Å². The van der Waals surface area contributed by atoms with Crippen LogP contribution >= 0.6 is 11.3 Å². The van der Waals surface area contributed by atoms with Crippen LogP contribution in [0.1, 0.15) is 77.2 Å². The molecule has 0 radical (unpaired) electrons. The number of rotatable bonds is 16. The van der Waals surface area contributed by atoms with Crippen molar-refractivity contribution < 1.29 is 43.0 Å². The van der Waals surface area contributed by atoms with Crippen LogP contribution in [0.15, 0.2) is 36.7 Å². The predicted octanol–water partition coefficient (Wildman–Crippen LogP) is 0.887. The van der Waals surface area contributed by atoms with Gasteiger partial charge in [0.1, 0.15) is 0 Å². The topological polar surface area (TPSA) is 7.12 Å². The molecule has 2 rings (SSSR count). The van der Waals surface area contributed by atoms with Crippen molar-refractivity contribution in [1.29, 1.82) is 0 Å². The maximum absolute atomic E-state index is 2.57. The number of aromatic nitrogens is 1. The third-order valence-electron chi connectivity index (χ3n) is 6.91. The Morgan fingerprint density at radius 1 is 0.794 bits per heavy atom. The minimum Gasteiger partial charge on any atom is -1.00 e. The molecule has 34 heavy (non-hydrogen) atoms. The van der Waals surface area contributed by atoms with Gasteiger partial charge in [-0.15, -0.1) is 11.3 Å². The van der Waals surface area contributed by atoms with Crippen LogP contribution in [-0.4, -0.2) is 43.8 Å². The second-order valence-electron chi connectivity index (χ2n) is 8.94. The van der Waals surface area contributed by atoms with E-state index in [1.807, 2.05) is 11.3 Å². The smallest absolute Gasteiger partial charge is 0.169 e. The number of unbranched alkanes of at least 4 members (excludes halogenated alkanes) is 2. The summed E-state index contributed by atoms with van der Waals surface area (Å²) in [5, 5.41) is 1.41. The first-order valence-corrected chi connectivity index (χ1v) is 13.8. The molecule has 2 heterocycles. The van der Waals surface area contributed by atoms with Crippen molar-refractivity contribution in [3.8, 4) is 0 Å². The normalized spacial score (nSPS) is 11.3. The van der Waals surface area contributed by atoms with Crippen molar-refractivity contribution in [3.05, 3.63) is 47.1 Å². The van der Waals surface area contributed by atoms with E-state index in [9.17, 15) is 0 Å². The van der Waals surface area contributed by atoms with Crippen molar-refractivity contribution >= 4 is 28.5 Å². The van der Waals surface area contributed by atoms with E-state index >= 15 is 0 Å². The monoisotopic (exact) mass is 615 g/mol. The first-order chi connectivity index (χ1) is 15.6. The highest BCUT2D eigenvalue weighted by molar-refractivity contribution is 7.17. The van der Waals surface area contributed by atoms with E-state index in [2.05, 4.69) is 92.9 Å². The van der Waals surface area contributed by atoms with Gasteiger partial charge in [0.15, 0.2) is 18.9 Å². The van der Waals surface area contributed by atoms with Gasteiger partial charge in [-0.3, -0.25) is 0 Å². The van der Waals surface area contributed by atoms with E-state index in [-0.39, 0.29) is 34.0 Å². The number of thiophene rings is 1. The number of nitrogens with zero attached hydrogens (tertiary/aromatic N) is 3. The highest BCUT2D eigenvalue weighted by Gasteiger charge is 2.20. The minimum atomic E-state index is 0. The molecular weight excluding hydrogens is 570 g/mol. The summed E-state index contributed by atoms with van der Waals surface area (Å²) in [5.74, 6) is 0. The number of hydrogen-bond acceptors (Lipinski definition) is 2. The molecule has 0 aliphatic carbocycles. The summed E-state index contributed by atoms with van der Waals surface area (Å²) in [4.78, 5) is 3.91. The van der Waals surface area contributed by atoms with Crippen LogP contribution in [0.5, 0.6) is 0 Å².